The zero-order valence-corrected chi connectivity index (χ0v) is 15.0. The zero-order valence-electron chi connectivity index (χ0n) is 15.0. The monoisotopic (exact) mass is 400 g/mol. The van der Waals surface area contributed by atoms with E-state index in [-0.39, 0.29) is 16.6 Å². The van der Waals surface area contributed by atoms with Gasteiger partial charge in [0.1, 0.15) is 11.2 Å². The molecule has 0 atom stereocenters. The van der Waals surface area contributed by atoms with E-state index >= 15 is 0 Å². The minimum Gasteiger partial charge on any atom is -0.492 e. The molecule has 4 rings (SSSR count). The average molecular weight is 400 g/mol. The molecule has 0 saturated carbocycles. The van der Waals surface area contributed by atoms with E-state index in [0.717, 1.165) is 24.7 Å². The highest BCUT2D eigenvalue weighted by Gasteiger charge is 2.21. The van der Waals surface area contributed by atoms with Crippen molar-refractivity contribution in [3.05, 3.63) is 40.3 Å². The number of aromatic amines is 1. The molecule has 0 spiro atoms. The number of piperazine rings is 1. The number of H-pyrrole nitrogens is 1. The molecular weight excluding hydrogens is 384 g/mol. The predicted molar refractivity (Wildman–Crippen MR) is 98.7 cm³/mol. The van der Waals surface area contributed by atoms with Gasteiger partial charge in [0.2, 0.25) is 29.5 Å². The molecule has 1 saturated heterocycles. The van der Waals surface area contributed by atoms with Gasteiger partial charge in [-0.3, -0.25) is 9.59 Å². The minimum absolute atomic E-state index is 0.0793. The summed E-state index contributed by atoms with van der Waals surface area (Å²) < 4.78 is 0.491. The highest BCUT2D eigenvalue weighted by atomic mass is 16.7. The third-order valence-corrected chi connectivity index (χ3v) is 4.56. The van der Waals surface area contributed by atoms with Crippen LogP contribution in [0.25, 0.3) is 11.0 Å². The van der Waals surface area contributed by atoms with Crippen molar-refractivity contribution in [2.24, 2.45) is 0 Å². The maximum absolute atomic E-state index is 12.6. The minimum atomic E-state index is -1.08. The van der Waals surface area contributed by atoms with E-state index in [2.05, 4.69) is 15.0 Å². The molecule has 150 valence electrons. The Hall–Kier alpha value is -4.09. The van der Waals surface area contributed by atoms with Gasteiger partial charge in [0.05, 0.1) is 5.39 Å². The van der Waals surface area contributed by atoms with Gasteiger partial charge < -0.3 is 29.8 Å². The Labute approximate surface area is 162 Å². The van der Waals surface area contributed by atoms with Crippen LogP contribution in [0.1, 0.15) is 10.4 Å². The number of hydrogen-bond donors (Lipinski definition) is 3. The fourth-order valence-electron chi connectivity index (χ4n) is 2.96. The maximum atomic E-state index is 12.6. The quantitative estimate of drug-likeness (QED) is 0.472. The first kappa shape index (κ1) is 18.3. The molecular formula is C17H16N6O6. The third-order valence-electron chi connectivity index (χ3n) is 4.56. The highest BCUT2D eigenvalue weighted by Crippen LogP contribution is 2.19. The van der Waals surface area contributed by atoms with Crippen LogP contribution in [0, 0.1) is 0 Å². The summed E-state index contributed by atoms with van der Waals surface area (Å²) >= 11 is 0. The van der Waals surface area contributed by atoms with Crippen molar-refractivity contribution in [2.75, 3.05) is 31.1 Å². The van der Waals surface area contributed by atoms with Crippen LogP contribution in [0.2, 0.25) is 0 Å². The molecule has 3 N–H and O–H groups in total. The highest BCUT2D eigenvalue weighted by molar-refractivity contribution is 5.93. The van der Waals surface area contributed by atoms with Crippen LogP contribution < -0.4 is 15.2 Å². The van der Waals surface area contributed by atoms with Gasteiger partial charge in [0.25, 0.3) is 0 Å². The lowest BCUT2D eigenvalue weighted by Crippen LogP contribution is -2.46. The fourth-order valence-corrected chi connectivity index (χ4v) is 2.96. The molecule has 3 aromatic heterocycles. The molecule has 29 heavy (non-hydrogen) atoms. The van der Waals surface area contributed by atoms with Gasteiger partial charge in [-0.15, -0.1) is 4.73 Å². The second-order valence-corrected chi connectivity index (χ2v) is 6.32. The second-order valence-electron chi connectivity index (χ2n) is 6.32. The van der Waals surface area contributed by atoms with Crippen LogP contribution in [-0.2, 0) is 4.79 Å². The second kappa shape index (κ2) is 7.14. The molecule has 1 amide bonds. The summed E-state index contributed by atoms with van der Waals surface area (Å²) in [5.74, 6) is -1.69. The number of nitrogens with one attached hydrogen (secondary N) is 1. The van der Waals surface area contributed by atoms with Crippen molar-refractivity contribution in [3.8, 4) is 11.8 Å². The Morgan fingerprint density at radius 3 is 2.52 bits per heavy atom. The molecule has 12 nitrogen and oxygen atoms in total. The van der Waals surface area contributed by atoms with E-state index in [1.807, 2.05) is 4.90 Å². The number of fused-ring (bicyclic) bond motifs is 1. The Balaban J connectivity index is 1.60. The molecule has 1 fully saturated rings. The number of nitrogens with zero attached hydrogens (tertiary/aromatic N) is 5. The van der Waals surface area contributed by atoms with Gasteiger partial charge in [0.15, 0.2) is 0 Å². The van der Waals surface area contributed by atoms with Gasteiger partial charge in [-0.25, -0.2) is 9.78 Å². The van der Waals surface area contributed by atoms with E-state index in [4.69, 9.17) is 4.84 Å². The molecule has 0 aliphatic carbocycles. The van der Waals surface area contributed by atoms with Crippen molar-refractivity contribution in [1.29, 1.82) is 0 Å². The summed E-state index contributed by atoms with van der Waals surface area (Å²) in [7, 11) is 0. The van der Waals surface area contributed by atoms with Crippen LogP contribution in [0.15, 0.2) is 29.3 Å². The van der Waals surface area contributed by atoms with Gasteiger partial charge in [0, 0.05) is 50.7 Å². The predicted octanol–water partition coefficient (Wildman–Crippen LogP) is -0.922. The first-order chi connectivity index (χ1) is 14.0. The third kappa shape index (κ3) is 3.31. The lowest BCUT2D eigenvalue weighted by Gasteiger charge is -2.32. The maximum Gasteiger partial charge on any atom is 0.369 e. The van der Waals surface area contributed by atoms with Gasteiger partial charge in [-0.2, -0.15) is 4.98 Å². The van der Waals surface area contributed by atoms with Crippen LogP contribution in [0.5, 0.6) is 11.8 Å². The first-order valence-corrected chi connectivity index (χ1v) is 8.63. The van der Waals surface area contributed by atoms with Crippen molar-refractivity contribution in [1.82, 2.24) is 24.6 Å². The Morgan fingerprint density at radius 1 is 1.17 bits per heavy atom. The summed E-state index contributed by atoms with van der Waals surface area (Å²) in [5.41, 5.74) is -0.769. The van der Waals surface area contributed by atoms with Crippen LogP contribution in [0.3, 0.4) is 0 Å². The number of anilines is 1. The summed E-state index contributed by atoms with van der Waals surface area (Å²) in [4.78, 5) is 55.4. The van der Waals surface area contributed by atoms with Gasteiger partial charge in [-0.1, -0.05) is 0 Å². The average Bonchev–Trinajstić information content (AvgIpc) is 3.05. The standard InChI is InChI=1S/C17H16N6O6/c24-9-21-3-5-22(6-4-21)17-19-7-10-14(27)11(8-18-15(10)20-17)16(28)29-23-12(25)1-2-13(23)26/h1-2,7-9,25-26H,3-6H2,(H,18,19,20,27). The largest absolute Gasteiger partial charge is 0.492 e. The number of aromatic hydroxyl groups is 2. The summed E-state index contributed by atoms with van der Waals surface area (Å²) in [6.07, 6.45) is 3.25. The molecule has 12 heteroatoms. The molecule has 0 bridgehead atoms. The Kier molecular flexibility index (Phi) is 4.50. The van der Waals surface area contributed by atoms with Crippen molar-refractivity contribution in [2.45, 2.75) is 0 Å². The van der Waals surface area contributed by atoms with E-state index in [1.54, 1.807) is 4.90 Å². The van der Waals surface area contributed by atoms with Crippen LogP contribution in [-0.4, -0.2) is 73.4 Å². The summed E-state index contributed by atoms with van der Waals surface area (Å²) in [5, 5.41) is 19.2. The molecule has 4 heterocycles. The number of hydrogen-bond acceptors (Lipinski definition) is 9. The van der Waals surface area contributed by atoms with E-state index in [0.29, 0.717) is 36.9 Å². The van der Waals surface area contributed by atoms with Crippen LogP contribution >= 0.6 is 0 Å². The van der Waals surface area contributed by atoms with Gasteiger partial charge >= 0.3 is 5.97 Å². The molecule has 0 radical (unpaired) electrons. The molecule has 3 aromatic rings. The molecule has 0 aromatic carbocycles. The number of carbonyl (C=O) groups excluding carboxylic acids is 2. The van der Waals surface area contributed by atoms with Crippen molar-refractivity contribution >= 4 is 29.4 Å². The lowest BCUT2D eigenvalue weighted by molar-refractivity contribution is -0.118. The molecule has 1 aliphatic rings. The van der Waals surface area contributed by atoms with Crippen LogP contribution in [0.4, 0.5) is 5.95 Å². The molecule has 1 aliphatic heterocycles. The Bertz CT molecular complexity index is 1130. The smallest absolute Gasteiger partial charge is 0.369 e. The van der Waals surface area contributed by atoms with E-state index < -0.39 is 23.2 Å². The zero-order chi connectivity index (χ0) is 20.5. The van der Waals surface area contributed by atoms with Gasteiger partial charge in [-0.05, 0) is 0 Å². The summed E-state index contributed by atoms with van der Waals surface area (Å²) in [6, 6.07) is 2.25. The van der Waals surface area contributed by atoms with Crippen molar-refractivity contribution in [3.63, 3.8) is 0 Å². The number of pyridine rings is 1. The fraction of sp³-hybridized carbons (Fsp3) is 0.235. The van der Waals surface area contributed by atoms with Crippen molar-refractivity contribution < 1.29 is 24.6 Å². The summed E-state index contributed by atoms with van der Waals surface area (Å²) in [6.45, 7) is 2.21. The molecule has 0 unspecified atom stereocenters. The first-order valence-electron chi connectivity index (χ1n) is 8.63. The number of carbonyl (C=O) groups is 2. The normalized spacial score (nSPS) is 14.2. The van der Waals surface area contributed by atoms with E-state index in [9.17, 15) is 24.6 Å². The van der Waals surface area contributed by atoms with E-state index in [1.165, 1.54) is 6.20 Å². The topological polar surface area (TPSA) is 154 Å². The number of amides is 1. The number of rotatable bonds is 4. The SMILES string of the molecule is O=CN1CCN(c2ncc3c(=O)c(C(=O)On4c(O)ccc4O)c[nH]c3n2)CC1. The lowest BCUT2D eigenvalue weighted by atomic mass is 10.2. The number of aromatic nitrogens is 4. The Morgan fingerprint density at radius 2 is 1.86 bits per heavy atom.